The molecule has 0 aromatic carbocycles. The Morgan fingerprint density at radius 3 is 3.05 bits per heavy atom. The average molecular weight is 291 g/mol. The molecule has 20 heavy (non-hydrogen) atoms. The van der Waals surface area contributed by atoms with Crippen molar-refractivity contribution < 1.29 is 0 Å². The van der Waals surface area contributed by atoms with Crippen LogP contribution in [-0.4, -0.2) is 39.7 Å². The van der Waals surface area contributed by atoms with Crippen LogP contribution in [0.3, 0.4) is 0 Å². The predicted octanol–water partition coefficient (Wildman–Crippen LogP) is 1.79. The highest BCUT2D eigenvalue weighted by molar-refractivity contribution is 7.09. The second-order valence-corrected chi connectivity index (χ2v) is 6.41. The molecule has 1 fully saturated rings. The van der Waals surface area contributed by atoms with E-state index in [4.69, 9.17) is 0 Å². The van der Waals surface area contributed by atoms with Crippen molar-refractivity contribution in [2.75, 3.05) is 19.6 Å². The average Bonchev–Trinajstić information content (AvgIpc) is 3.15. The smallest absolute Gasteiger partial charge is 0.0798 e. The topological polar surface area (TPSA) is 56.8 Å². The lowest BCUT2D eigenvalue weighted by atomic mass is 10.1. The van der Waals surface area contributed by atoms with Gasteiger partial charge in [0.15, 0.2) is 0 Å². The van der Waals surface area contributed by atoms with Crippen LogP contribution < -0.4 is 5.32 Å². The molecule has 1 saturated heterocycles. The molecule has 1 aliphatic heterocycles. The van der Waals surface area contributed by atoms with E-state index in [0.717, 1.165) is 44.3 Å². The molecule has 0 radical (unpaired) electrons. The van der Waals surface area contributed by atoms with Crippen molar-refractivity contribution in [2.24, 2.45) is 5.92 Å². The number of nitrogens with zero attached hydrogens (tertiary/aromatic N) is 3. The molecular formula is C14H21N5S. The van der Waals surface area contributed by atoms with E-state index in [2.05, 4.69) is 38.4 Å². The Morgan fingerprint density at radius 1 is 1.45 bits per heavy atom. The van der Waals surface area contributed by atoms with E-state index >= 15 is 0 Å². The van der Waals surface area contributed by atoms with E-state index in [0.29, 0.717) is 0 Å². The highest BCUT2D eigenvalue weighted by Gasteiger charge is 2.19. The summed E-state index contributed by atoms with van der Waals surface area (Å²) < 4.78 is 0. The zero-order valence-corrected chi connectivity index (χ0v) is 12.6. The van der Waals surface area contributed by atoms with Crippen molar-refractivity contribution in [3.05, 3.63) is 34.0 Å². The summed E-state index contributed by atoms with van der Waals surface area (Å²) in [7, 11) is 0. The van der Waals surface area contributed by atoms with Crippen molar-refractivity contribution in [3.63, 3.8) is 0 Å². The van der Waals surface area contributed by atoms with Gasteiger partial charge in [-0.25, -0.2) is 4.98 Å². The molecule has 0 aliphatic carbocycles. The molecule has 1 unspecified atom stereocenters. The predicted molar refractivity (Wildman–Crippen MR) is 80.5 cm³/mol. The van der Waals surface area contributed by atoms with Crippen molar-refractivity contribution in [2.45, 2.75) is 26.4 Å². The number of hydrogen-bond donors (Lipinski definition) is 2. The number of aryl methyl sites for hydroxylation is 1. The third kappa shape index (κ3) is 3.45. The van der Waals surface area contributed by atoms with Crippen LogP contribution in [0, 0.1) is 12.8 Å². The number of H-pyrrole nitrogens is 1. The van der Waals surface area contributed by atoms with Crippen LogP contribution in [-0.2, 0) is 13.1 Å². The van der Waals surface area contributed by atoms with Crippen LogP contribution in [0.1, 0.15) is 22.7 Å². The van der Waals surface area contributed by atoms with Crippen molar-refractivity contribution in [1.29, 1.82) is 0 Å². The van der Waals surface area contributed by atoms with Gasteiger partial charge in [0.05, 0.1) is 11.2 Å². The van der Waals surface area contributed by atoms with Gasteiger partial charge < -0.3 is 5.32 Å². The summed E-state index contributed by atoms with van der Waals surface area (Å²) >= 11 is 1.75. The van der Waals surface area contributed by atoms with Crippen molar-refractivity contribution in [3.8, 4) is 0 Å². The van der Waals surface area contributed by atoms with E-state index in [1.54, 1.807) is 11.3 Å². The first-order valence-corrected chi connectivity index (χ1v) is 7.99. The maximum atomic E-state index is 4.36. The van der Waals surface area contributed by atoms with Gasteiger partial charge >= 0.3 is 0 Å². The molecule has 1 atom stereocenters. The highest BCUT2D eigenvalue weighted by atomic mass is 32.1. The molecule has 0 bridgehead atoms. The van der Waals surface area contributed by atoms with E-state index in [9.17, 15) is 0 Å². The number of nitrogens with one attached hydrogen (secondary N) is 2. The molecule has 108 valence electrons. The minimum absolute atomic E-state index is 0.756. The minimum atomic E-state index is 0.756. The first-order chi connectivity index (χ1) is 9.81. The molecule has 3 rings (SSSR count). The van der Waals surface area contributed by atoms with Gasteiger partial charge in [-0.1, -0.05) is 0 Å². The molecule has 0 spiro atoms. The van der Waals surface area contributed by atoms with Crippen LogP contribution >= 0.6 is 11.3 Å². The second kappa shape index (κ2) is 6.47. The Balaban J connectivity index is 1.67. The maximum Gasteiger partial charge on any atom is 0.0798 e. The lowest BCUT2D eigenvalue weighted by Gasteiger charge is -2.24. The fourth-order valence-electron chi connectivity index (χ4n) is 2.72. The Morgan fingerprint density at radius 2 is 2.40 bits per heavy atom. The van der Waals surface area contributed by atoms with E-state index in [1.165, 1.54) is 17.0 Å². The third-order valence-electron chi connectivity index (χ3n) is 3.84. The maximum absolute atomic E-state index is 4.36. The molecule has 0 saturated carbocycles. The largest absolute Gasteiger partial charge is 0.316 e. The quantitative estimate of drug-likeness (QED) is 0.852. The van der Waals surface area contributed by atoms with Gasteiger partial charge in [-0.3, -0.25) is 10.00 Å². The third-order valence-corrected chi connectivity index (χ3v) is 4.76. The van der Waals surface area contributed by atoms with E-state index in [1.807, 2.05) is 11.7 Å². The summed E-state index contributed by atoms with van der Waals surface area (Å²) in [4.78, 5) is 8.23. The Hall–Kier alpha value is -1.24. The van der Waals surface area contributed by atoms with Gasteiger partial charge in [-0.2, -0.15) is 5.10 Å². The Labute approximate surface area is 123 Å². The summed E-state index contributed by atoms with van der Waals surface area (Å²) in [5, 5.41) is 10.6. The molecular weight excluding hydrogens is 270 g/mol. The van der Waals surface area contributed by atoms with Gasteiger partial charge in [0.25, 0.3) is 0 Å². The summed E-state index contributed by atoms with van der Waals surface area (Å²) in [6.07, 6.45) is 3.10. The first-order valence-electron chi connectivity index (χ1n) is 7.11. The zero-order chi connectivity index (χ0) is 13.8. The number of rotatable bonds is 6. The zero-order valence-electron chi connectivity index (χ0n) is 11.8. The summed E-state index contributed by atoms with van der Waals surface area (Å²) in [6, 6.07) is 2.05. The number of thiazole rings is 1. The summed E-state index contributed by atoms with van der Waals surface area (Å²) in [5.74, 6) is 0.756. The number of hydrogen-bond acceptors (Lipinski definition) is 5. The molecule has 2 aromatic rings. The number of aromatic nitrogens is 3. The van der Waals surface area contributed by atoms with Crippen molar-refractivity contribution >= 4 is 11.3 Å². The van der Waals surface area contributed by atoms with Gasteiger partial charge in [-0.05, 0) is 38.4 Å². The summed E-state index contributed by atoms with van der Waals surface area (Å²) in [6.45, 7) is 7.42. The highest BCUT2D eigenvalue weighted by Crippen LogP contribution is 2.19. The van der Waals surface area contributed by atoms with Gasteiger partial charge in [-0.15, -0.1) is 11.3 Å². The molecule has 2 N–H and O–H groups in total. The van der Waals surface area contributed by atoms with Crippen LogP contribution in [0.15, 0.2) is 17.8 Å². The fourth-order valence-corrected chi connectivity index (χ4v) is 3.53. The number of aromatic amines is 1. The Bertz CT molecular complexity index is 515. The fraction of sp³-hybridized carbons (Fsp3) is 0.571. The molecule has 3 heterocycles. The molecule has 1 aliphatic rings. The van der Waals surface area contributed by atoms with E-state index < -0.39 is 0 Å². The lowest BCUT2D eigenvalue weighted by molar-refractivity contribution is 0.219. The van der Waals surface area contributed by atoms with Gasteiger partial charge in [0.1, 0.15) is 0 Å². The summed E-state index contributed by atoms with van der Waals surface area (Å²) in [5.41, 5.74) is 4.28. The van der Waals surface area contributed by atoms with E-state index in [-0.39, 0.29) is 0 Å². The second-order valence-electron chi connectivity index (χ2n) is 5.47. The Kier molecular flexibility index (Phi) is 4.44. The molecule has 2 aromatic heterocycles. The van der Waals surface area contributed by atoms with Crippen LogP contribution in [0.25, 0.3) is 0 Å². The molecule has 0 amide bonds. The van der Waals surface area contributed by atoms with Crippen LogP contribution in [0.5, 0.6) is 0 Å². The van der Waals surface area contributed by atoms with Gasteiger partial charge in [0.2, 0.25) is 0 Å². The van der Waals surface area contributed by atoms with Crippen LogP contribution in [0.4, 0.5) is 0 Å². The van der Waals surface area contributed by atoms with Crippen LogP contribution in [0.2, 0.25) is 0 Å². The lowest BCUT2D eigenvalue weighted by Crippen LogP contribution is -2.30. The SMILES string of the molecule is Cc1ncsc1CN(Cc1ccn[nH]1)CC1CCNC1. The molecule has 5 nitrogen and oxygen atoms in total. The minimum Gasteiger partial charge on any atom is -0.316 e. The van der Waals surface area contributed by atoms with Crippen molar-refractivity contribution in [1.82, 2.24) is 25.4 Å². The first kappa shape index (κ1) is 13.7. The molecule has 6 heteroatoms. The standard InChI is InChI=1S/C14H21N5S/c1-11-14(20-10-16-11)9-19(7-12-2-4-15-6-12)8-13-3-5-17-18-13/h3,5,10,12,15H,2,4,6-9H2,1H3,(H,17,18). The monoisotopic (exact) mass is 291 g/mol. The normalized spacial score (nSPS) is 19.0. The van der Waals surface area contributed by atoms with Gasteiger partial charge in [0, 0.05) is 36.4 Å².